The summed E-state index contributed by atoms with van der Waals surface area (Å²) < 4.78 is 5.22. The van der Waals surface area contributed by atoms with Crippen molar-refractivity contribution in [1.82, 2.24) is 0 Å². The predicted molar refractivity (Wildman–Crippen MR) is 69.1 cm³/mol. The Balaban J connectivity index is 2.39. The summed E-state index contributed by atoms with van der Waals surface area (Å²) in [5.41, 5.74) is 6.02. The average molecular weight is 236 g/mol. The Morgan fingerprint density at radius 2 is 2.24 bits per heavy atom. The van der Waals surface area contributed by atoms with Crippen molar-refractivity contribution in [3.8, 4) is 5.75 Å². The van der Waals surface area contributed by atoms with Gasteiger partial charge in [0, 0.05) is 18.3 Å². The molecular formula is C13H20N2O2. The first-order valence-electron chi connectivity index (χ1n) is 5.97. The fourth-order valence-corrected chi connectivity index (χ4v) is 1.46. The summed E-state index contributed by atoms with van der Waals surface area (Å²) in [7, 11) is 0. The third-order valence-electron chi connectivity index (χ3n) is 2.32. The van der Waals surface area contributed by atoms with Crippen LogP contribution in [0.15, 0.2) is 24.3 Å². The number of hydrogen-bond acceptors (Lipinski definition) is 3. The van der Waals surface area contributed by atoms with Gasteiger partial charge in [-0.2, -0.15) is 0 Å². The Labute approximate surface area is 102 Å². The fourth-order valence-electron chi connectivity index (χ4n) is 1.46. The highest BCUT2D eigenvalue weighted by Gasteiger charge is 1.98. The van der Waals surface area contributed by atoms with Gasteiger partial charge in [0.2, 0.25) is 0 Å². The predicted octanol–water partition coefficient (Wildman–Crippen LogP) is 2.15. The molecule has 0 aliphatic heterocycles. The molecule has 0 saturated heterocycles. The highest BCUT2D eigenvalue weighted by Crippen LogP contribution is 2.17. The molecular weight excluding hydrogens is 216 g/mol. The topological polar surface area (TPSA) is 64.3 Å². The van der Waals surface area contributed by atoms with Crippen LogP contribution in [-0.2, 0) is 4.79 Å². The van der Waals surface area contributed by atoms with E-state index in [0.717, 1.165) is 18.7 Å². The van der Waals surface area contributed by atoms with E-state index in [0.29, 0.717) is 5.75 Å². The second-order valence-electron chi connectivity index (χ2n) is 3.92. The third kappa shape index (κ3) is 5.80. The molecule has 0 aliphatic carbocycles. The van der Waals surface area contributed by atoms with Crippen molar-refractivity contribution in [2.75, 3.05) is 18.5 Å². The first-order chi connectivity index (χ1) is 8.22. The van der Waals surface area contributed by atoms with Gasteiger partial charge < -0.3 is 15.8 Å². The van der Waals surface area contributed by atoms with E-state index in [1.807, 2.05) is 18.2 Å². The zero-order valence-corrected chi connectivity index (χ0v) is 10.2. The SMILES string of the molecule is CCCCCNc1cccc(OCC(N)=O)c1. The van der Waals surface area contributed by atoms with Crippen molar-refractivity contribution < 1.29 is 9.53 Å². The molecule has 0 fully saturated rings. The molecule has 0 unspecified atom stereocenters. The van der Waals surface area contributed by atoms with Crippen LogP contribution in [-0.4, -0.2) is 19.1 Å². The summed E-state index contributed by atoms with van der Waals surface area (Å²) in [5, 5.41) is 3.31. The third-order valence-corrected chi connectivity index (χ3v) is 2.32. The molecule has 0 spiro atoms. The summed E-state index contributed by atoms with van der Waals surface area (Å²) in [4.78, 5) is 10.6. The Kier molecular flexibility index (Phi) is 5.93. The minimum atomic E-state index is -0.466. The minimum absolute atomic E-state index is 0.0840. The van der Waals surface area contributed by atoms with Gasteiger partial charge in [-0.25, -0.2) is 0 Å². The number of nitrogens with one attached hydrogen (secondary N) is 1. The van der Waals surface area contributed by atoms with E-state index in [9.17, 15) is 4.79 Å². The van der Waals surface area contributed by atoms with Gasteiger partial charge in [0.05, 0.1) is 0 Å². The van der Waals surface area contributed by atoms with Crippen molar-refractivity contribution in [2.24, 2.45) is 5.73 Å². The normalized spacial score (nSPS) is 9.94. The number of unbranched alkanes of at least 4 members (excludes halogenated alkanes) is 2. The summed E-state index contributed by atoms with van der Waals surface area (Å²) in [6.45, 7) is 3.05. The standard InChI is InChI=1S/C13H20N2O2/c1-2-3-4-8-15-11-6-5-7-12(9-11)17-10-13(14)16/h5-7,9,15H,2-4,8,10H2,1H3,(H2,14,16). The molecule has 0 aromatic heterocycles. The van der Waals surface area contributed by atoms with E-state index >= 15 is 0 Å². The maximum absolute atomic E-state index is 10.6. The molecule has 0 aliphatic rings. The average Bonchev–Trinajstić information content (AvgIpc) is 2.33. The molecule has 1 rings (SSSR count). The molecule has 0 radical (unpaired) electrons. The van der Waals surface area contributed by atoms with E-state index in [1.165, 1.54) is 12.8 Å². The van der Waals surface area contributed by atoms with E-state index in [2.05, 4.69) is 12.2 Å². The van der Waals surface area contributed by atoms with Crippen LogP contribution in [0.4, 0.5) is 5.69 Å². The molecule has 3 N–H and O–H groups in total. The Bertz CT molecular complexity index is 353. The molecule has 0 atom stereocenters. The maximum atomic E-state index is 10.6. The smallest absolute Gasteiger partial charge is 0.255 e. The lowest BCUT2D eigenvalue weighted by atomic mass is 10.2. The number of benzene rings is 1. The number of carbonyl (C=O) groups is 1. The first kappa shape index (κ1) is 13.4. The maximum Gasteiger partial charge on any atom is 0.255 e. The molecule has 1 aromatic carbocycles. The van der Waals surface area contributed by atoms with Crippen LogP contribution in [0.5, 0.6) is 5.75 Å². The highest BCUT2D eigenvalue weighted by atomic mass is 16.5. The highest BCUT2D eigenvalue weighted by molar-refractivity contribution is 5.75. The van der Waals surface area contributed by atoms with Crippen molar-refractivity contribution in [2.45, 2.75) is 26.2 Å². The Morgan fingerprint density at radius 1 is 1.41 bits per heavy atom. The van der Waals surface area contributed by atoms with Gasteiger partial charge in [0.15, 0.2) is 6.61 Å². The number of rotatable bonds is 8. The van der Waals surface area contributed by atoms with Crippen molar-refractivity contribution in [1.29, 1.82) is 0 Å². The number of ether oxygens (including phenoxy) is 1. The lowest BCUT2D eigenvalue weighted by Gasteiger charge is -2.08. The summed E-state index contributed by atoms with van der Waals surface area (Å²) in [5.74, 6) is 0.190. The van der Waals surface area contributed by atoms with Gasteiger partial charge in [0.25, 0.3) is 5.91 Å². The van der Waals surface area contributed by atoms with E-state index in [-0.39, 0.29) is 6.61 Å². The first-order valence-corrected chi connectivity index (χ1v) is 5.97. The van der Waals surface area contributed by atoms with Gasteiger partial charge in [-0.05, 0) is 18.6 Å². The second-order valence-corrected chi connectivity index (χ2v) is 3.92. The number of carbonyl (C=O) groups excluding carboxylic acids is 1. The molecule has 0 heterocycles. The van der Waals surface area contributed by atoms with Gasteiger partial charge in [-0.15, -0.1) is 0 Å². The molecule has 4 heteroatoms. The van der Waals surface area contributed by atoms with Crippen LogP contribution < -0.4 is 15.8 Å². The van der Waals surface area contributed by atoms with Crippen LogP contribution in [0.1, 0.15) is 26.2 Å². The van der Waals surface area contributed by atoms with Crippen LogP contribution >= 0.6 is 0 Å². The minimum Gasteiger partial charge on any atom is -0.484 e. The fraction of sp³-hybridized carbons (Fsp3) is 0.462. The van der Waals surface area contributed by atoms with Crippen molar-refractivity contribution in [3.63, 3.8) is 0 Å². The lowest BCUT2D eigenvalue weighted by Crippen LogP contribution is -2.20. The van der Waals surface area contributed by atoms with Gasteiger partial charge in [-0.1, -0.05) is 25.8 Å². The zero-order chi connectivity index (χ0) is 12.5. The summed E-state index contributed by atoms with van der Waals surface area (Å²) in [6.07, 6.45) is 3.59. The van der Waals surface area contributed by atoms with E-state index < -0.39 is 5.91 Å². The van der Waals surface area contributed by atoms with Gasteiger partial charge >= 0.3 is 0 Å². The largest absolute Gasteiger partial charge is 0.484 e. The number of nitrogens with two attached hydrogens (primary N) is 1. The quantitative estimate of drug-likeness (QED) is 0.680. The van der Waals surface area contributed by atoms with Crippen molar-refractivity contribution in [3.05, 3.63) is 24.3 Å². The monoisotopic (exact) mass is 236 g/mol. The van der Waals surface area contributed by atoms with Gasteiger partial charge in [-0.3, -0.25) is 4.79 Å². The van der Waals surface area contributed by atoms with Crippen LogP contribution in [0.25, 0.3) is 0 Å². The lowest BCUT2D eigenvalue weighted by molar-refractivity contribution is -0.119. The molecule has 0 saturated carbocycles. The number of anilines is 1. The zero-order valence-electron chi connectivity index (χ0n) is 10.2. The van der Waals surface area contributed by atoms with E-state index in [4.69, 9.17) is 10.5 Å². The molecule has 4 nitrogen and oxygen atoms in total. The van der Waals surface area contributed by atoms with Crippen molar-refractivity contribution >= 4 is 11.6 Å². The molecule has 1 amide bonds. The molecule has 17 heavy (non-hydrogen) atoms. The number of hydrogen-bond donors (Lipinski definition) is 2. The molecule has 1 aromatic rings. The Hall–Kier alpha value is -1.71. The summed E-state index contributed by atoms with van der Waals surface area (Å²) in [6, 6.07) is 7.54. The number of primary amides is 1. The van der Waals surface area contributed by atoms with Crippen LogP contribution in [0.2, 0.25) is 0 Å². The molecule has 94 valence electrons. The molecule has 0 bridgehead atoms. The second kappa shape index (κ2) is 7.54. The summed E-state index contributed by atoms with van der Waals surface area (Å²) >= 11 is 0. The van der Waals surface area contributed by atoms with Crippen LogP contribution in [0, 0.1) is 0 Å². The number of amides is 1. The van der Waals surface area contributed by atoms with E-state index in [1.54, 1.807) is 6.07 Å². The van der Waals surface area contributed by atoms with Gasteiger partial charge in [0.1, 0.15) is 5.75 Å². The Morgan fingerprint density at radius 3 is 2.94 bits per heavy atom. The van der Waals surface area contributed by atoms with Crippen LogP contribution in [0.3, 0.4) is 0 Å².